The third-order valence-electron chi connectivity index (χ3n) is 26.0. The number of benzene rings is 19. The van der Waals surface area contributed by atoms with E-state index < -0.39 is 7.92 Å². The van der Waals surface area contributed by atoms with Crippen LogP contribution in [0.1, 0.15) is 72.3 Å². The molecular formula is C127H99O4PS2Se3. The zero-order valence-electron chi connectivity index (χ0n) is 78.8. The van der Waals surface area contributed by atoms with Crippen LogP contribution in [0.25, 0.3) is 175 Å². The number of fused-ring (bicyclic) bond motifs is 23. The normalized spacial score (nSPS) is 11.7. The molecule has 137 heavy (non-hydrogen) atoms. The molecule has 0 atom stereocenters. The Balaban J connectivity index is 0.0000000965. The molecule has 0 spiro atoms. The fourth-order valence-corrected chi connectivity index (χ4v) is 29.8. The second-order valence-electron chi connectivity index (χ2n) is 36.9. The fourth-order valence-electron chi connectivity index (χ4n) is 18.8. The molecule has 0 saturated heterocycles. The Kier molecular flexibility index (Phi) is 24.3. The summed E-state index contributed by atoms with van der Waals surface area (Å²) in [6.45, 7) is 27.8. The number of hydrogen-bond donors (Lipinski definition) is 0. The van der Waals surface area contributed by atoms with Gasteiger partial charge in [0.25, 0.3) is 0 Å². The summed E-state index contributed by atoms with van der Waals surface area (Å²) in [6, 6.07) is 133. The summed E-state index contributed by atoms with van der Waals surface area (Å²) in [5.41, 5.74) is 28.1. The molecule has 0 saturated carbocycles. The third-order valence-corrected chi connectivity index (χ3v) is 38.0. The van der Waals surface area contributed by atoms with Gasteiger partial charge in [-0.15, -0.1) is 22.7 Å². The largest absolute Gasteiger partial charge is 0.456 e. The van der Waals surface area contributed by atoms with Gasteiger partial charge in [-0.05, 0) is 241 Å². The predicted molar refractivity (Wildman–Crippen MR) is 598 cm³/mol. The molecule has 0 radical (unpaired) electrons. The number of aryl methyl sites for hydroxylation is 13. The first-order valence-electron chi connectivity index (χ1n) is 46.6. The second kappa shape index (κ2) is 37.4. The maximum atomic E-state index is 6.01. The molecule has 0 N–H and O–H groups in total. The van der Waals surface area contributed by atoms with Crippen LogP contribution in [-0.4, -0.2) is 43.5 Å². The van der Waals surface area contributed by atoms with E-state index >= 15 is 0 Å². The van der Waals surface area contributed by atoms with Crippen molar-refractivity contribution in [1.29, 1.82) is 0 Å². The van der Waals surface area contributed by atoms with Crippen molar-refractivity contribution in [1.82, 2.24) is 0 Å². The minimum absolute atomic E-state index is 0.438. The first-order valence-corrected chi connectivity index (χ1v) is 54.7. The molecule has 7 aromatic heterocycles. The van der Waals surface area contributed by atoms with E-state index in [0.717, 1.165) is 67.2 Å². The Hall–Kier alpha value is -13.2. The zero-order chi connectivity index (χ0) is 93.5. The van der Waals surface area contributed by atoms with Crippen molar-refractivity contribution in [2.24, 2.45) is 0 Å². The topological polar surface area (TPSA) is 44.7 Å². The minimum atomic E-state index is -0.483. The van der Waals surface area contributed by atoms with Gasteiger partial charge in [-0.1, -0.05) is 172 Å². The van der Waals surface area contributed by atoms with Crippen molar-refractivity contribution in [3.63, 3.8) is 0 Å². The van der Waals surface area contributed by atoms with E-state index in [-0.39, 0.29) is 0 Å². The average Bonchev–Trinajstić information content (AvgIpc) is 1.61. The van der Waals surface area contributed by atoms with E-state index in [1.54, 1.807) is 0 Å². The molecule has 26 aromatic rings. The van der Waals surface area contributed by atoms with E-state index in [0.29, 0.717) is 43.5 Å². The number of hydrogen-bond acceptors (Lipinski definition) is 6. The Labute approximate surface area is 825 Å². The van der Waals surface area contributed by atoms with E-state index in [9.17, 15) is 0 Å². The number of furan rings is 2. The Morgan fingerprint density at radius 3 is 0.686 bits per heavy atom. The monoisotopic (exact) mass is 2020 g/mol. The van der Waals surface area contributed by atoms with Gasteiger partial charge in [-0.25, -0.2) is 0 Å². The van der Waals surface area contributed by atoms with Crippen LogP contribution in [-0.2, 0) is 0 Å². The molecule has 1 aliphatic heterocycles. The molecule has 1 aliphatic rings. The first kappa shape index (κ1) is 89.0. The smallest absolute Gasteiger partial charge is 0.170 e. The summed E-state index contributed by atoms with van der Waals surface area (Å²) in [7, 11) is -0.483. The van der Waals surface area contributed by atoms with Crippen LogP contribution in [0.5, 0.6) is 23.0 Å². The molecule has 8 heterocycles. The van der Waals surface area contributed by atoms with E-state index in [2.05, 4.69) is 404 Å². The van der Waals surface area contributed by atoms with Crippen molar-refractivity contribution < 1.29 is 18.3 Å². The van der Waals surface area contributed by atoms with E-state index in [1.165, 1.54) is 219 Å². The minimum Gasteiger partial charge on any atom is -0.456 e. The molecule has 0 bridgehead atoms. The Morgan fingerprint density at radius 1 is 0.168 bits per heavy atom. The fraction of sp³-hybridized carbons (Fsp3) is 0.102. The van der Waals surface area contributed by atoms with Crippen LogP contribution >= 0.6 is 30.6 Å². The summed E-state index contributed by atoms with van der Waals surface area (Å²) in [5.74, 6) is 3.14. The van der Waals surface area contributed by atoms with Gasteiger partial charge in [0.2, 0.25) is 0 Å². The Morgan fingerprint density at radius 2 is 0.365 bits per heavy atom. The summed E-state index contributed by atoms with van der Waals surface area (Å²) in [5, 5.41) is 23.1. The molecular weight excluding hydrogens is 1920 g/mol. The van der Waals surface area contributed by atoms with E-state index in [1.807, 2.05) is 72.9 Å². The molecule has 0 aliphatic carbocycles. The van der Waals surface area contributed by atoms with Gasteiger partial charge < -0.3 is 18.3 Å². The van der Waals surface area contributed by atoms with Crippen molar-refractivity contribution in [3.8, 4) is 56.4 Å². The number of rotatable bonds is 6. The van der Waals surface area contributed by atoms with Crippen LogP contribution < -0.4 is 25.4 Å². The molecule has 0 unspecified atom stereocenters. The van der Waals surface area contributed by atoms with Gasteiger partial charge in [0.15, 0.2) is 23.0 Å². The molecule has 19 aromatic carbocycles. The van der Waals surface area contributed by atoms with Crippen LogP contribution in [0.4, 0.5) is 0 Å². The molecule has 666 valence electrons. The van der Waals surface area contributed by atoms with Crippen LogP contribution in [0.15, 0.2) is 373 Å². The van der Waals surface area contributed by atoms with Crippen molar-refractivity contribution in [2.75, 3.05) is 0 Å². The summed E-state index contributed by atoms with van der Waals surface area (Å²) in [6.07, 6.45) is 0. The SMILES string of the molecule is Cc1ccc(P(c2ccc(C)cc2)c2ccc(C)cc2)cc1.Cc1ccc2[se]c3ccc(-c4ccc5[se]c6ccc(C)cc6c5c4)cc3c2c1.Cc1ccc2[se]c3ccc(C)cc3c2c1.Cc1ccc2c(c1)Oc1ccc(C)cc1O2.Cc1ccc2oc3ccc(-c4ccc5oc6ccc(C)cc6c5c4)cc3c2c1.Cc1ccc2sc3ccc(-c4ccc5sc6ccc(C)cc6c5c4)cc3c2c1. The van der Waals surface area contributed by atoms with Gasteiger partial charge in [0.1, 0.15) is 22.3 Å². The predicted octanol–water partition coefficient (Wildman–Crippen LogP) is 35.4. The van der Waals surface area contributed by atoms with Crippen LogP contribution in [0.3, 0.4) is 0 Å². The van der Waals surface area contributed by atoms with E-state index in [4.69, 9.17) is 18.3 Å². The second-order valence-corrected chi connectivity index (χ2v) is 48.1. The molecule has 0 fully saturated rings. The quantitative estimate of drug-likeness (QED) is 0.123. The van der Waals surface area contributed by atoms with Gasteiger partial charge >= 0.3 is 272 Å². The van der Waals surface area contributed by atoms with Crippen molar-refractivity contribution >= 4 is 232 Å². The van der Waals surface area contributed by atoms with Gasteiger partial charge in [0.05, 0.1) is 0 Å². The first-order chi connectivity index (χ1) is 66.5. The van der Waals surface area contributed by atoms with Crippen molar-refractivity contribution in [3.05, 3.63) is 436 Å². The zero-order valence-corrected chi connectivity index (χ0v) is 86.4. The summed E-state index contributed by atoms with van der Waals surface area (Å²) < 4.78 is 38.2. The number of thiophene rings is 2. The van der Waals surface area contributed by atoms with Gasteiger partial charge in [-0.3, -0.25) is 0 Å². The van der Waals surface area contributed by atoms with Crippen LogP contribution in [0.2, 0.25) is 0 Å². The molecule has 10 heteroatoms. The van der Waals surface area contributed by atoms with Crippen LogP contribution in [0, 0.1) is 90.0 Å². The molecule has 27 rings (SSSR count). The molecule has 4 nitrogen and oxygen atoms in total. The summed E-state index contributed by atoms with van der Waals surface area (Å²) >= 11 is 5.16. The summed E-state index contributed by atoms with van der Waals surface area (Å²) in [4.78, 5) is 0. The maximum absolute atomic E-state index is 6.01. The standard InChI is InChI=1S/C26H18O2.C26H18S2.C26H18Se2.C21H21P.C14H12O2.C14H12Se/c3*1-15-3-7-23-19(11-15)21-13-17(5-9-25(21)27-23)18-6-10-26-22(14-18)20-12-16(2)4-8-24(20)28-26;1-16-4-10-19(11-5-16)22(20-12-6-17(2)7-13-20)21-14-8-18(3)9-15-21;1-9-3-5-11-13(7-9)15-12-6-4-10(2)8-14(12)16-11;1-9-3-5-13-11(7-9)12-8-10(2)4-6-14(12)15-13/h3*3-14H,1-2H3;4-15H,1-3H3;3-8H,1-2H3;3-8H,1-2H3. The molecule has 0 amide bonds. The third kappa shape index (κ3) is 18.3. The number of ether oxygens (including phenoxy) is 2. The maximum Gasteiger partial charge on any atom is 0.170 e. The van der Waals surface area contributed by atoms with Crippen molar-refractivity contribution in [2.45, 2.75) is 90.0 Å². The van der Waals surface area contributed by atoms with Gasteiger partial charge in [-0.2, -0.15) is 0 Å². The van der Waals surface area contributed by atoms with Gasteiger partial charge in [0, 0.05) is 61.9 Å². The average molecular weight is 2020 g/mol. The Bertz CT molecular complexity index is 8080.